The Morgan fingerprint density at radius 1 is 1.44 bits per heavy atom. The Hall–Kier alpha value is -1.86. The van der Waals surface area contributed by atoms with Crippen LogP contribution in [0.5, 0.6) is 0 Å². The van der Waals surface area contributed by atoms with Crippen molar-refractivity contribution in [2.75, 3.05) is 0 Å². The van der Waals surface area contributed by atoms with Crippen LogP contribution in [0.25, 0.3) is 0 Å². The second-order valence-electron chi connectivity index (χ2n) is 4.15. The maximum Gasteiger partial charge on any atom is 0.240 e. The summed E-state index contributed by atoms with van der Waals surface area (Å²) < 4.78 is 0. The highest BCUT2D eigenvalue weighted by Crippen LogP contribution is 2.32. The fourth-order valence-corrected chi connectivity index (χ4v) is 1.42. The molecule has 82 valence electrons. The number of nitrogens with two attached hydrogens (primary N) is 1. The summed E-state index contributed by atoms with van der Waals surface area (Å²) >= 11 is 0. The molecule has 1 aliphatic rings. The Kier molecular flexibility index (Phi) is 2.63. The van der Waals surface area contributed by atoms with Crippen molar-refractivity contribution in [1.29, 1.82) is 5.26 Å². The topological polar surface area (TPSA) is 78.9 Å². The first-order valence-corrected chi connectivity index (χ1v) is 5.20. The zero-order chi connectivity index (χ0) is 11.6. The molecule has 1 aromatic carbocycles. The summed E-state index contributed by atoms with van der Waals surface area (Å²) in [4.78, 5) is 11.5. The van der Waals surface area contributed by atoms with Crippen molar-refractivity contribution < 1.29 is 4.79 Å². The third kappa shape index (κ3) is 2.20. The maximum absolute atomic E-state index is 11.5. The number of hydrogen-bond donors (Lipinski definition) is 2. The minimum atomic E-state index is -0.618. The van der Waals surface area contributed by atoms with E-state index in [1.54, 1.807) is 12.1 Å². The van der Waals surface area contributed by atoms with E-state index < -0.39 is 5.54 Å². The van der Waals surface area contributed by atoms with Gasteiger partial charge in [0.25, 0.3) is 0 Å². The van der Waals surface area contributed by atoms with E-state index >= 15 is 0 Å². The van der Waals surface area contributed by atoms with E-state index in [0.29, 0.717) is 12.1 Å². The number of carbonyl (C=O) groups excluding carboxylic acids is 1. The molecule has 0 spiro atoms. The van der Waals surface area contributed by atoms with Gasteiger partial charge in [0.15, 0.2) is 0 Å². The van der Waals surface area contributed by atoms with Gasteiger partial charge in [-0.05, 0) is 30.5 Å². The Morgan fingerprint density at radius 2 is 2.06 bits per heavy atom. The molecule has 16 heavy (non-hydrogen) atoms. The SMILES string of the molecule is N#Cc1ccc(CNC(=O)C2(N)CC2)cc1. The van der Waals surface area contributed by atoms with E-state index in [2.05, 4.69) is 5.32 Å². The zero-order valence-electron chi connectivity index (χ0n) is 8.86. The zero-order valence-corrected chi connectivity index (χ0v) is 8.86. The number of nitriles is 1. The van der Waals surface area contributed by atoms with E-state index in [-0.39, 0.29) is 5.91 Å². The van der Waals surface area contributed by atoms with Crippen LogP contribution in [-0.4, -0.2) is 11.4 Å². The number of benzene rings is 1. The van der Waals surface area contributed by atoms with E-state index in [0.717, 1.165) is 18.4 Å². The molecule has 0 bridgehead atoms. The molecule has 1 saturated carbocycles. The van der Waals surface area contributed by atoms with E-state index in [9.17, 15) is 4.79 Å². The number of rotatable bonds is 3. The second kappa shape index (κ2) is 3.95. The highest BCUT2D eigenvalue weighted by atomic mass is 16.2. The van der Waals surface area contributed by atoms with E-state index in [1.807, 2.05) is 18.2 Å². The Bertz CT molecular complexity index is 440. The third-order valence-electron chi connectivity index (χ3n) is 2.78. The predicted molar refractivity (Wildman–Crippen MR) is 59.2 cm³/mol. The molecule has 0 radical (unpaired) electrons. The van der Waals surface area contributed by atoms with Crippen LogP contribution in [0.3, 0.4) is 0 Å². The van der Waals surface area contributed by atoms with Gasteiger partial charge in [-0.2, -0.15) is 5.26 Å². The lowest BCUT2D eigenvalue weighted by atomic mass is 10.1. The van der Waals surface area contributed by atoms with Crippen molar-refractivity contribution in [1.82, 2.24) is 5.32 Å². The van der Waals surface area contributed by atoms with Crippen molar-refractivity contribution in [2.24, 2.45) is 5.73 Å². The monoisotopic (exact) mass is 215 g/mol. The van der Waals surface area contributed by atoms with Gasteiger partial charge in [-0.1, -0.05) is 12.1 Å². The van der Waals surface area contributed by atoms with Gasteiger partial charge < -0.3 is 11.1 Å². The van der Waals surface area contributed by atoms with Crippen LogP contribution in [0.2, 0.25) is 0 Å². The van der Waals surface area contributed by atoms with E-state index in [1.165, 1.54) is 0 Å². The minimum absolute atomic E-state index is 0.0862. The first-order chi connectivity index (χ1) is 7.64. The number of nitrogens with zero attached hydrogens (tertiary/aromatic N) is 1. The standard InChI is InChI=1S/C12H13N3O/c13-7-9-1-3-10(4-2-9)8-15-11(16)12(14)5-6-12/h1-4H,5-6,8,14H2,(H,15,16). The fourth-order valence-electron chi connectivity index (χ4n) is 1.42. The molecule has 0 unspecified atom stereocenters. The van der Waals surface area contributed by atoms with Crippen LogP contribution in [0.1, 0.15) is 24.0 Å². The molecule has 0 saturated heterocycles. The molecule has 4 heteroatoms. The molecule has 1 amide bonds. The molecular formula is C12H13N3O. The normalized spacial score (nSPS) is 16.2. The van der Waals surface area contributed by atoms with E-state index in [4.69, 9.17) is 11.0 Å². The minimum Gasteiger partial charge on any atom is -0.350 e. The van der Waals surface area contributed by atoms with Gasteiger partial charge in [-0.3, -0.25) is 4.79 Å². The lowest BCUT2D eigenvalue weighted by molar-refractivity contribution is -0.123. The smallest absolute Gasteiger partial charge is 0.240 e. The van der Waals surface area contributed by atoms with Crippen LogP contribution >= 0.6 is 0 Å². The number of carbonyl (C=O) groups is 1. The molecule has 0 aromatic heterocycles. The Balaban J connectivity index is 1.90. The summed E-state index contributed by atoms with van der Waals surface area (Å²) in [6.45, 7) is 0.462. The van der Waals surface area contributed by atoms with Crippen LogP contribution in [0, 0.1) is 11.3 Å². The largest absolute Gasteiger partial charge is 0.350 e. The first-order valence-electron chi connectivity index (χ1n) is 5.20. The Morgan fingerprint density at radius 3 is 2.56 bits per heavy atom. The van der Waals surface area contributed by atoms with Crippen LogP contribution in [0.15, 0.2) is 24.3 Å². The third-order valence-corrected chi connectivity index (χ3v) is 2.78. The van der Waals surface area contributed by atoms with Gasteiger partial charge in [0.1, 0.15) is 0 Å². The second-order valence-corrected chi connectivity index (χ2v) is 4.15. The van der Waals surface area contributed by atoms with Crippen molar-refractivity contribution in [3.8, 4) is 6.07 Å². The van der Waals surface area contributed by atoms with Gasteiger partial charge in [-0.25, -0.2) is 0 Å². The van der Waals surface area contributed by atoms with Crippen LogP contribution in [-0.2, 0) is 11.3 Å². The first kappa shape index (κ1) is 10.7. The summed E-state index contributed by atoms with van der Waals surface area (Å²) in [5.74, 6) is -0.0862. The summed E-state index contributed by atoms with van der Waals surface area (Å²) in [5.41, 5.74) is 6.71. The summed E-state index contributed by atoms with van der Waals surface area (Å²) in [6, 6.07) is 9.17. The lowest BCUT2D eigenvalue weighted by Gasteiger charge is -2.09. The summed E-state index contributed by atoms with van der Waals surface area (Å²) in [7, 11) is 0. The molecule has 4 nitrogen and oxygen atoms in total. The average molecular weight is 215 g/mol. The van der Waals surface area contributed by atoms with Gasteiger partial charge in [-0.15, -0.1) is 0 Å². The molecule has 1 aromatic rings. The van der Waals surface area contributed by atoms with Gasteiger partial charge in [0, 0.05) is 6.54 Å². The molecule has 3 N–H and O–H groups in total. The molecular weight excluding hydrogens is 202 g/mol. The molecule has 0 heterocycles. The molecule has 0 aliphatic heterocycles. The number of hydrogen-bond acceptors (Lipinski definition) is 3. The summed E-state index contributed by atoms with van der Waals surface area (Å²) in [5, 5.41) is 11.4. The summed E-state index contributed by atoms with van der Waals surface area (Å²) in [6.07, 6.45) is 1.54. The van der Waals surface area contributed by atoms with Crippen molar-refractivity contribution in [2.45, 2.75) is 24.9 Å². The number of nitrogens with one attached hydrogen (secondary N) is 1. The van der Waals surface area contributed by atoms with Crippen molar-refractivity contribution in [3.05, 3.63) is 35.4 Å². The van der Waals surface area contributed by atoms with Crippen molar-refractivity contribution in [3.63, 3.8) is 0 Å². The van der Waals surface area contributed by atoms with Crippen LogP contribution < -0.4 is 11.1 Å². The molecule has 1 fully saturated rings. The fraction of sp³-hybridized carbons (Fsp3) is 0.333. The van der Waals surface area contributed by atoms with Gasteiger partial charge in [0.2, 0.25) is 5.91 Å². The van der Waals surface area contributed by atoms with Gasteiger partial charge >= 0.3 is 0 Å². The molecule has 2 rings (SSSR count). The highest BCUT2D eigenvalue weighted by Gasteiger charge is 2.45. The molecule has 1 aliphatic carbocycles. The molecule has 0 atom stereocenters. The maximum atomic E-state index is 11.5. The van der Waals surface area contributed by atoms with Crippen molar-refractivity contribution >= 4 is 5.91 Å². The van der Waals surface area contributed by atoms with Gasteiger partial charge in [0.05, 0.1) is 17.2 Å². The lowest BCUT2D eigenvalue weighted by Crippen LogP contribution is -2.42. The Labute approximate surface area is 94.1 Å². The quantitative estimate of drug-likeness (QED) is 0.777. The predicted octanol–water partition coefficient (Wildman–Crippen LogP) is 0.666. The van der Waals surface area contributed by atoms with Crippen LogP contribution in [0.4, 0.5) is 0 Å². The highest BCUT2D eigenvalue weighted by molar-refractivity contribution is 5.88. The number of amides is 1. The average Bonchev–Trinajstić information content (AvgIpc) is 3.06.